The lowest BCUT2D eigenvalue weighted by atomic mass is 9.89. The average Bonchev–Trinajstić information content (AvgIpc) is 2.63. The molecule has 2 nitrogen and oxygen atoms in total. The van der Waals surface area contributed by atoms with Crippen molar-refractivity contribution in [1.29, 1.82) is 0 Å². The van der Waals surface area contributed by atoms with Crippen LogP contribution in [0.1, 0.15) is 38.7 Å². The van der Waals surface area contributed by atoms with Crippen molar-refractivity contribution in [3.05, 3.63) is 29.6 Å². The number of benzene rings is 1. The highest BCUT2D eigenvalue weighted by Crippen LogP contribution is 2.28. The number of hydrogen-bond acceptors (Lipinski definition) is 2. The summed E-state index contributed by atoms with van der Waals surface area (Å²) in [7, 11) is 0. The third-order valence-corrected chi connectivity index (χ3v) is 4.26. The Labute approximate surface area is 115 Å². The fraction of sp³-hybridized carbons (Fsp3) is 0.625. The molecule has 3 heteroatoms. The van der Waals surface area contributed by atoms with Crippen LogP contribution in [0, 0.1) is 17.7 Å². The zero-order valence-corrected chi connectivity index (χ0v) is 12.0. The monoisotopic (exact) mass is 264 g/mol. The molecular formula is C16H25FN2. The van der Waals surface area contributed by atoms with Gasteiger partial charge in [0.25, 0.3) is 0 Å². The van der Waals surface area contributed by atoms with Crippen molar-refractivity contribution in [2.24, 2.45) is 17.6 Å². The summed E-state index contributed by atoms with van der Waals surface area (Å²) in [6.45, 7) is 7.05. The average molecular weight is 264 g/mol. The van der Waals surface area contributed by atoms with Gasteiger partial charge in [-0.25, -0.2) is 4.39 Å². The van der Waals surface area contributed by atoms with Gasteiger partial charge in [-0.05, 0) is 54.9 Å². The van der Waals surface area contributed by atoms with Crippen molar-refractivity contribution < 1.29 is 4.39 Å². The highest BCUT2D eigenvalue weighted by Gasteiger charge is 2.20. The van der Waals surface area contributed by atoms with E-state index in [0.717, 1.165) is 36.2 Å². The first-order valence-electron chi connectivity index (χ1n) is 7.34. The van der Waals surface area contributed by atoms with Crippen LogP contribution in [0.5, 0.6) is 0 Å². The van der Waals surface area contributed by atoms with Crippen molar-refractivity contribution in [1.82, 2.24) is 0 Å². The van der Waals surface area contributed by atoms with Crippen LogP contribution in [-0.4, -0.2) is 13.1 Å². The van der Waals surface area contributed by atoms with Gasteiger partial charge in [0, 0.05) is 25.3 Å². The molecule has 0 spiro atoms. The molecule has 1 atom stereocenters. The molecule has 0 amide bonds. The summed E-state index contributed by atoms with van der Waals surface area (Å²) in [5, 5.41) is 0. The van der Waals surface area contributed by atoms with E-state index in [-0.39, 0.29) is 5.82 Å². The number of anilines is 1. The quantitative estimate of drug-likeness (QED) is 0.904. The van der Waals surface area contributed by atoms with Gasteiger partial charge in [0.2, 0.25) is 0 Å². The first kappa shape index (κ1) is 14.3. The second-order valence-corrected chi connectivity index (χ2v) is 5.94. The normalized spacial score (nSPS) is 20.7. The number of halogens is 1. The zero-order chi connectivity index (χ0) is 13.8. The Kier molecular flexibility index (Phi) is 4.81. The highest BCUT2D eigenvalue weighted by atomic mass is 19.1. The van der Waals surface area contributed by atoms with Crippen LogP contribution in [0.3, 0.4) is 0 Å². The fourth-order valence-electron chi connectivity index (χ4n) is 2.98. The van der Waals surface area contributed by atoms with E-state index < -0.39 is 0 Å². The lowest BCUT2D eigenvalue weighted by molar-refractivity contribution is 0.351. The zero-order valence-electron chi connectivity index (χ0n) is 12.0. The molecule has 0 bridgehead atoms. The van der Waals surface area contributed by atoms with Crippen molar-refractivity contribution in [3.63, 3.8) is 0 Å². The van der Waals surface area contributed by atoms with Crippen molar-refractivity contribution in [2.75, 3.05) is 18.0 Å². The van der Waals surface area contributed by atoms with Crippen molar-refractivity contribution in [2.45, 2.75) is 39.7 Å². The minimum atomic E-state index is -0.178. The fourth-order valence-corrected chi connectivity index (χ4v) is 2.98. The summed E-state index contributed by atoms with van der Waals surface area (Å²) in [5.41, 5.74) is 7.49. The molecule has 2 N–H and O–H groups in total. The van der Waals surface area contributed by atoms with Crippen LogP contribution in [0.4, 0.5) is 10.1 Å². The number of nitrogens with zero attached hydrogens (tertiary/aromatic N) is 1. The predicted molar refractivity (Wildman–Crippen MR) is 78.7 cm³/mol. The van der Waals surface area contributed by atoms with E-state index in [1.54, 1.807) is 6.07 Å². The standard InChI is InChI=1S/C16H25FN2/c1-12(2)14-4-3-6-19(7-5-14)16-9-13(11-18)8-15(17)10-16/h8-10,12,14H,3-7,11,18H2,1-2H3. The molecule has 1 unspecified atom stereocenters. The van der Waals surface area contributed by atoms with Gasteiger partial charge in [-0.1, -0.05) is 13.8 Å². The van der Waals surface area contributed by atoms with E-state index >= 15 is 0 Å². The molecule has 1 aliphatic heterocycles. The molecule has 1 aliphatic rings. The predicted octanol–water partition coefficient (Wildman–Crippen LogP) is 3.55. The van der Waals surface area contributed by atoms with Crippen LogP contribution < -0.4 is 10.6 Å². The molecule has 2 rings (SSSR count). The Morgan fingerprint density at radius 1 is 1.26 bits per heavy atom. The molecule has 1 heterocycles. The van der Waals surface area contributed by atoms with Crippen LogP contribution in [0.2, 0.25) is 0 Å². The van der Waals surface area contributed by atoms with E-state index in [4.69, 9.17) is 5.73 Å². The van der Waals surface area contributed by atoms with Gasteiger partial charge in [0.15, 0.2) is 0 Å². The minimum Gasteiger partial charge on any atom is -0.371 e. The maximum absolute atomic E-state index is 13.6. The number of nitrogens with two attached hydrogens (primary N) is 1. The lowest BCUT2D eigenvalue weighted by Gasteiger charge is -2.24. The molecule has 19 heavy (non-hydrogen) atoms. The van der Waals surface area contributed by atoms with Gasteiger partial charge in [-0.2, -0.15) is 0 Å². The lowest BCUT2D eigenvalue weighted by Crippen LogP contribution is -2.24. The van der Waals surface area contributed by atoms with E-state index in [2.05, 4.69) is 18.7 Å². The molecule has 0 saturated carbocycles. The number of hydrogen-bond donors (Lipinski definition) is 1. The van der Waals surface area contributed by atoms with E-state index in [1.165, 1.54) is 25.3 Å². The van der Waals surface area contributed by atoms with Gasteiger partial charge < -0.3 is 10.6 Å². The Bertz CT molecular complexity index is 417. The van der Waals surface area contributed by atoms with Gasteiger partial charge in [-0.3, -0.25) is 0 Å². The summed E-state index contributed by atoms with van der Waals surface area (Å²) in [4.78, 5) is 2.31. The van der Waals surface area contributed by atoms with E-state index in [1.807, 2.05) is 6.07 Å². The van der Waals surface area contributed by atoms with Crippen molar-refractivity contribution >= 4 is 5.69 Å². The molecule has 0 aromatic heterocycles. The van der Waals surface area contributed by atoms with Gasteiger partial charge in [-0.15, -0.1) is 0 Å². The van der Waals surface area contributed by atoms with E-state index in [0.29, 0.717) is 6.54 Å². The Morgan fingerprint density at radius 2 is 2.05 bits per heavy atom. The topological polar surface area (TPSA) is 29.3 Å². The summed E-state index contributed by atoms with van der Waals surface area (Å²) in [6, 6.07) is 5.19. The summed E-state index contributed by atoms with van der Waals surface area (Å²) < 4.78 is 13.6. The second kappa shape index (κ2) is 6.38. The maximum atomic E-state index is 13.6. The summed E-state index contributed by atoms with van der Waals surface area (Å²) >= 11 is 0. The number of rotatable bonds is 3. The van der Waals surface area contributed by atoms with Crippen LogP contribution in [0.25, 0.3) is 0 Å². The Balaban J connectivity index is 2.11. The first-order valence-corrected chi connectivity index (χ1v) is 7.34. The molecule has 1 fully saturated rings. The third kappa shape index (κ3) is 3.69. The van der Waals surface area contributed by atoms with E-state index in [9.17, 15) is 4.39 Å². The summed E-state index contributed by atoms with van der Waals surface area (Å²) in [6.07, 6.45) is 3.68. The molecule has 1 aromatic rings. The third-order valence-electron chi connectivity index (χ3n) is 4.26. The summed E-state index contributed by atoms with van der Waals surface area (Å²) in [5.74, 6) is 1.36. The molecular weight excluding hydrogens is 239 g/mol. The minimum absolute atomic E-state index is 0.178. The molecule has 106 valence electrons. The van der Waals surface area contributed by atoms with Gasteiger partial charge in [0.05, 0.1) is 0 Å². The van der Waals surface area contributed by atoms with Crippen LogP contribution in [-0.2, 0) is 6.54 Å². The van der Waals surface area contributed by atoms with Crippen LogP contribution >= 0.6 is 0 Å². The first-order chi connectivity index (χ1) is 9.10. The molecule has 1 aromatic carbocycles. The van der Waals surface area contributed by atoms with Crippen LogP contribution in [0.15, 0.2) is 18.2 Å². The smallest absolute Gasteiger partial charge is 0.125 e. The molecule has 0 aliphatic carbocycles. The molecule has 1 saturated heterocycles. The van der Waals surface area contributed by atoms with Crippen molar-refractivity contribution in [3.8, 4) is 0 Å². The Hall–Kier alpha value is -1.09. The second-order valence-electron chi connectivity index (χ2n) is 5.94. The highest BCUT2D eigenvalue weighted by molar-refractivity contribution is 5.49. The Morgan fingerprint density at radius 3 is 2.74 bits per heavy atom. The van der Waals surface area contributed by atoms with Gasteiger partial charge >= 0.3 is 0 Å². The largest absolute Gasteiger partial charge is 0.371 e. The SMILES string of the molecule is CC(C)C1CCCN(c2cc(F)cc(CN)c2)CC1. The maximum Gasteiger partial charge on any atom is 0.125 e. The van der Waals surface area contributed by atoms with Gasteiger partial charge in [0.1, 0.15) is 5.82 Å². The molecule has 0 radical (unpaired) electrons.